The Bertz CT molecular complexity index is 387. The molecule has 1 rings (SSSR count). The van der Waals surface area contributed by atoms with Crippen LogP contribution in [0.4, 0.5) is 0 Å². The lowest BCUT2D eigenvalue weighted by molar-refractivity contribution is 0.546. The van der Waals surface area contributed by atoms with E-state index in [0.717, 1.165) is 12.0 Å². The van der Waals surface area contributed by atoms with Crippen molar-refractivity contribution in [3.63, 3.8) is 0 Å². The first-order valence-corrected chi connectivity index (χ1v) is 5.11. The molecule has 0 N–H and O–H groups in total. The van der Waals surface area contributed by atoms with E-state index in [4.69, 9.17) is 0 Å². The van der Waals surface area contributed by atoms with Gasteiger partial charge in [-0.1, -0.05) is 23.8 Å². The van der Waals surface area contributed by atoms with Gasteiger partial charge in [0.25, 0.3) is 0 Å². The van der Waals surface area contributed by atoms with Gasteiger partial charge in [0, 0.05) is 0 Å². The zero-order chi connectivity index (χ0) is 11.5. The summed E-state index contributed by atoms with van der Waals surface area (Å²) in [5, 5.41) is 0. The Morgan fingerprint density at radius 1 is 1.47 bits per heavy atom. The van der Waals surface area contributed by atoms with Crippen molar-refractivity contribution in [2.75, 3.05) is 0 Å². The molecule has 0 atom stereocenters. The summed E-state index contributed by atoms with van der Waals surface area (Å²) in [6, 6.07) is 0. The van der Waals surface area contributed by atoms with Crippen molar-refractivity contribution in [3.05, 3.63) is 34.9 Å². The first-order chi connectivity index (χ1) is 6.97. The van der Waals surface area contributed by atoms with Crippen LogP contribution in [0.2, 0.25) is 0 Å². The molecular formula is C13H17NO. The minimum atomic E-state index is -0.473. The predicted molar refractivity (Wildman–Crippen MR) is 62.4 cm³/mol. The van der Waals surface area contributed by atoms with E-state index >= 15 is 0 Å². The molecular weight excluding hydrogens is 186 g/mol. The summed E-state index contributed by atoms with van der Waals surface area (Å²) in [6.45, 7) is 8.03. The van der Waals surface area contributed by atoms with Crippen LogP contribution in [0.25, 0.3) is 0 Å². The number of carbonyl (C=O) groups excluding carboxylic acids is 1. The van der Waals surface area contributed by atoms with Crippen LogP contribution in [0.15, 0.2) is 39.9 Å². The molecule has 15 heavy (non-hydrogen) atoms. The van der Waals surface area contributed by atoms with E-state index in [2.05, 4.69) is 31.0 Å². The van der Waals surface area contributed by atoms with Crippen molar-refractivity contribution >= 4 is 6.08 Å². The van der Waals surface area contributed by atoms with Gasteiger partial charge in [-0.05, 0) is 45.3 Å². The van der Waals surface area contributed by atoms with Crippen molar-refractivity contribution in [3.8, 4) is 0 Å². The largest absolute Gasteiger partial charge is 0.235 e. The second-order valence-electron chi connectivity index (χ2n) is 4.49. The lowest BCUT2D eigenvalue weighted by Crippen LogP contribution is -2.19. The molecule has 0 aromatic rings. The molecule has 0 unspecified atom stereocenters. The van der Waals surface area contributed by atoms with E-state index in [9.17, 15) is 4.79 Å². The maximum Gasteiger partial charge on any atom is 0.235 e. The van der Waals surface area contributed by atoms with Gasteiger partial charge in [0.05, 0.1) is 5.54 Å². The fraction of sp³-hybridized carbons (Fsp3) is 0.462. The minimum Gasteiger partial charge on any atom is -0.211 e. The van der Waals surface area contributed by atoms with Gasteiger partial charge in [0.2, 0.25) is 6.08 Å². The summed E-state index contributed by atoms with van der Waals surface area (Å²) in [5.74, 6) is 0. The van der Waals surface area contributed by atoms with Crippen LogP contribution in [-0.2, 0) is 4.79 Å². The molecule has 0 saturated carbocycles. The maximum absolute atomic E-state index is 10.3. The zero-order valence-electron chi connectivity index (χ0n) is 9.79. The minimum absolute atomic E-state index is 0.473. The molecule has 0 saturated heterocycles. The Morgan fingerprint density at radius 2 is 2.13 bits per heavy atom. The summed E-state index contributed by atoms with van der Waals surface area (Å²) in [5.41, 5.74) is 3.21. The molecule has 80 valence electrons. The Balaban J connectivity index is 3.11. The van der Waals surface area contributed by atoms with E-state index in [0.29, 0.717) is 0 Å². The summed E-state index contributed by atoms with van der Waals surface area (Å²) in [4.78, 5) is 14.1. The number of nitrogens with zero attached hydrogens (tertiary/aromatic N) is 1. The predicted octanol–water partition coefficient (Wildman–Crippen LogP) is 3.32. The fourth-order valence-electron chi connectivity index (χ4n) is 1.52. The average molecular weight is 203 g/mol. The van der Waals surface area contributed by atoms with Crippen LogP contribution >= 0.6 is 0 Å². The highest BCUT2D eigenvalue weighted by molar-refractivity contribution is 5.46. The van der Waals surface area contributed by atoms with Gasteiger partial charge in [-0.3, -0.25) is 0 Å². The summed E-state index contributed by atoms with van der Waals surface area (Å²) in [6.07, 6.45) is 8.87. The van der Waals surface area contributed by atoms with Crippen molar-refractivity contribution in [1.82, 2.24) is 0 Å². The zero-order valence-corrected chi connectivity index (χ0v) is 9.79. The highest BCUT2D eigenvalue weighted by Gasteiger charge is 2.22. The van der Waals surface area contributed by atoms with Gasteiger partial charge in [0.15, 0.2) is 0 Å². The van der Waals surface area contributed by atoms with Crippen LogP contribution in [0, 0.1) is 0 Å². The fourth-order valence-corrected chi connectivity index (χ4v) is 1.52. The molecule has 0 spiro atoms. The van der Waals surface area contributed by atoms with Crippen LogP contribution in [0.1, 0.15) is 34.1 Å². The SMILES string of the molecule is CC(C)=C1C=C(C(C)(C)N=C=O)C=CC1. The highest BCUT2D eigenvalue weighted by atomic mass is 16.1. The van der Waals surface area contributed by atoms with Gasteiger partial charge >= 0.3 is 0 Å². The quantitative estimate of drug-likeness (QED) is 0.500. The van der Waals surface area contributed by atoms with Crippen molar-refractivity contribution in [1.29, 1.82) is 0 Å². The van der Waals surface area contributed by atoms with Crippen LogP contribution in [0.5, 0.6) is 0 Å². The molecule has 0 aliphatic heterocycles. The molecule has 2 heteroatoms. The van der Waals surface area contributed by atoms with E-state index in [1.54, 1.807) is 6.08 Å². The van der Waals surface area contributed by atoms with E-state index in [1.165, 1.54) is 11.1 Å². The molecule has 1 aliphatic carbocycles. The second kappa shape index (κ2) is 4.41. The number of allylic oxidation sites excluding steroid dienone is 4. The van der Waals surface area contributed by atoms with Gasteiger partial charge < -0.3 is 0 Å². The Kier molecular flexibility index (Phi) is 3.43. The average Bonchev–Trinajstić information content (AvgIpc) is 2.18. The Hall–Kier alpha value is -1.40. The molecule has 0 amide bonds. The molecule has 0 heterocycles. The number of hydrogen-bond acceptors (Lipinski definition) is 2. The van der Waals surface area contributed by atoms with Crippen LogP contribution < -0.4 is 0 Å². The number of isocyanates is 1. The van der Waals surface area contributed by atoms with Crippen LogP contribution in [0.3, 0.4) is 0 Å². The second-order valence-corrected chi connectivity index (χ2v) is 4.49. The smallest absolute Gasteiger partial charge is 0.211 e. The van der Waals surface area contributed by atoms with Crippen molar-refractivity contribution in [2.45, 2.75) is 39.7 Å². The molecule has 0 fully saturated rings. The molecule has 0 radical (unpaired) electrons. The topological polar surface area (TPSA) is 29.4 Å². The summed E-state index contributed by atoms with van der Waals surface area (Å²) >= 11 is 0. The third-order valence-corrected chi connectivity index (χ3v) is 2.64. The van der Waals surface area contributed by atoms with Crippen molar-refractivity contribution in [2.24, 2.45) is 4.99 Å². The summed E-state index contributed by atoms with van der Waals surface area (Å²) < 4.78 is 0. The highest BCUT2D eigenvalue weighted by Crippen LogP contribution is 2.28. The first-order valence-electron chi connectivity index (χ1n) is 5.11. The standard InChI is InChI=1S/C13H17NO/c1-10(2)11-6-5-7-12(8-11)13(3,4)14-9-15/h5,7-8H,6H2,1-4H3. The van der Waals surface area contributed by atoms with E-state index < -0.39 is 5.54 Å². The van der Waals surface area contributed by atoms with Gasteiger partial charge in [0.1, 0.15) is 0 Å². The molecule has 0 aromatic carbocycles. The number of aliphatic imine (C=N–C) groups is 1. The Labute approximate surface area is 91.1 Å². The lowest BCUT2D eigenvalue weighted by Gasteiger charge is -2.22. The lowest BCUT2D eigenvalue weighted by atomic mass is 9.87. The van der Waals surface area contributed by atoms with Gasteiger partial charge in [-0.2, -0.15) is 4.99 Å². The third kappa shape index (κ3) is 2.77. The van der Waals surface area contributed by atoms with E-state index in [1.807, 2.05) is 19.9 Å². The molecule has 2 nitrogen and oxygen atoms in total. The van der Waals surface area contributed by atoms with Gasteiger partial charge in [-0.15, -0.1) is 0 Å². The van der Waals surface area contributed by atoms with Crippen molar-refractivity contribution < 1.29 is 4.79 Å². The van der Waals surface area contributed by atoms with E-state index in [-0.39, 0.29) is 0 Å². The maximum atomic E-state index is 10.3. The normalized spacial score (nSPS) is 15.7. The Morgan fingerprint density at radius 3 is 2.67 bits per heavy atom. The monoisotopic (exact) mass is 203 g/mol. The molecule has 0 bridgehead atoms. The number of rotatable bonds is 2. The third-order valence-electron chi connectivity index (χ3n) is 2.64. The molecule has 0 aromatic heterocycles. The number of hydrogen-bond donors (Lipinski definition) is 0. The summed E-state index contributed by atoms with van der Waals surface area (Å²) in [7, 11) is 0. The first kappa shape index (κ1) is 11.7. The van der Waals surface area contributed by atoms with Crippen LogP contribution in [-0.4, -0.2) is 11.6 Å². The molecule has 1 aliphatic rings. The van der Waals surface area contributed by atoms with Gasteiger partial charge in [-0.25, -0.2) is 4.79 Å².